The zero-order valence-electron chi connectivity index (χ0n) is 16.4. The van der Waals surface area contributed by atoms with Crippen molar-refractivity contribution in [3.8, 4) is 0 Å². The van der Waals surface area contributed by atoms with Gasteiger partial charge in [0, 0.05) is 18.7 Å². The van der Waals surface area contributed by atoms with E-state index in [1.165, 1.54) is 29.8 Å². The van der Waals surface area contributed by atoms with Gasteiger partial charge in [0.15, 0.2) is 0 Å². The van der Waals surface area contributed by atoms with Gasteiger partial charge < -0.3 is 15.4 Å². The van der Waals surface area contributed by atoms with Crippen molar-refractivity contribution < 1.29 is 24.4 Å². The summed E-state index contributed by atoms with van der Waals surface area (Å²) in [5, 5.41) is 20.5. The summed E-state index contributed by atoms with van der Waals surface area (Å²) in [4.78, 5) is 38.4. The van der Waals surface area contributed by atoms with Gasteiger partial charge in [-0.1, -0.05) is 43.3 Å². The third kappa shape index (κ3) is 5.18. The Morgan fingerprint density at radius 2 is 1.77 bits per heavy atom. The Morgan fingerprint density at radius 3 is 2.37 bits per heavy atom. The van der Waals surface area contributed by atoms with Crippen LogP contribution in [0.4, 0.5) is 4.79 Å². The molecule has 3 amide bonds. The molecule has 1 heterocycles. The summed E-state index contributed by atoms with van der Waals surface area (Å²) in [6, 6.07) is 13.6. The van der Waals surface area contributed by atoms with E-state index in [0.717, 1.165) is 28.6 Å². The second-order valence-corrected chi connectivity index (χ2v) is 7.67. The van der Waals surface area contributed by atoms with Crippen LogP contribution < -0.4 is 10.8 Å². The molecule has 1 fully saturated rings. The first kappa shape index (κ1) is 21.8. The van der Waals surface area contributed by atoms with Crippen LogP contribution in [-0.2, 0) is 11.2 Å². The lowest BCUT2D eigenvalue weighted by atomic mass is 9.80. The van der Waals surface area contributed by atoms with Gasteiger partial charge in [0.1, 0.15) is 0 Å². The van der Waals surface area contributed by atoms with Crippen LogP contribution in [0.5, 0.6) is 0 Å². The summed E-state index contributed by atoms with van der Waals surface area (Å²) in [5.41, 5.74) is 2.66. The minimum atomic E-state index is -1.60. The first-order chi connectivity index (χ1) is 14.4. The van der Waals surface area contributed by atoms with Gasteiger partial charge in [0.2, 0.25) is 0 Å². The number of amides is 3. The highest BCUT2D eigenvalue weighted by Gasteiger charge is 2.34. The number of rotatable bonds is 7. The van der Waals surface area contributed by atoms with Gasteiger partial charge in [-0.05, 0) is 53.0 Å². The van der Waals surface area contributed by atoms with E-state index >= 15 is 0 Å². The number of imide groups is 1. The van der Waals surface area contributed by atoms with Crippen LogP contribution in [0.3, 0.4) is 0 Å². The average molecular weight is 424 g/mol. The van der Waals surface area contributed by atoms with Gasteiger partial charge in [0.05, 0.1) is 4.91 Å². The van der Waals surface area contributed by atoms with Crippen molar-refractivity contribution in [2.45, 2.75) is 13.3 Å². The molecule has 9 heteroatoms. The molecule has 0 atom stereocenters. The first-order valence-corrected chi connectivity index (χ1v) is 10.3. The molecule has 0 spiro atoms. The molecule has 3 rings (SSSR count). The van der Waals surface area contributed by atoms with E-state index in [1.54, 1.807) is 6.08 Å². The molecular formula is C21H21BN2O5S. The highest BCUT2D eigenvalue weighted by Crippen LogP contribution is 2.31. The summed E-state index contributed by atoms with van der Waals surface area (Å²) in [6.07, 6.45) is 2.62. The molecule has 2 aromatic carbocycles. The number of hydrogen-bond acceptors (Lipinski definition) is 6. The molecule has 1 saturated heterocycles. The molecule has 0 saturated carbocycles. The Hall–Kier alpha value is -2.88. The van der Waals surface area contributed by atoms with E-state index in [0.29, 0.717) is 10.5 Å². The van der Waals surface area contributed by atoms with Crippen LogP contribution in [-0.4, -0.2) is 52.2 Å². The van der Waals surface area contributed by atoms with Crippen molar-refractivity contribution >= 4 is 47.5 Å². The van der Waals surface area contributed by atoms with Gasteiger partial charge in [-0.3, -0.25) is 19.3 Å². The maximum absolute atomic E-state index is 12.5. The number of carbonyl (C=O) groups is 3. The lowest BCUT2D eigenvalue weighted by Crippen LogP contribution is -2.37. The number of hydrogen-bond donors (Lipinski definition) is 3. The Morgan fingerprint density at radius 1 is 1.10 bits per heavy atom. The van der Waals surface area contributed by atoms with Gasteiger partial charge in [-0.25, -0.2) is 0 Å². The number of nitrogens with one attached hydrogen (secondary N) is 1. The topological polar surface area (TPSA) is 107 Å². The maximum atomic E-state index is 12.5. The Kier molecular flexibility index (Phi) is 7.09. The van der Waals surface area contributed by atoms with Gasteiger partial charge in [-0.2, -0.15) is 0 Å². The fourth-order valence-electron chi connectivity index (χ4n) is 2.88. The van der Waals surface area contributed by atoms with Crippen molar-refractivity contribution in [1.82, 2.24) is 10.2 Å². The molecule has 1 aliphatic heterocycles. The molecule has 30 heavy (non-hydrogen) atoms. The van der Waals surface area contributed by atoms with Crippen molar-refractivity contribution in [2.75, 3.05) is 13.1 Å². The first-order valence-electron chi connectivity index (χ1n) is 9.47. The maximum Gasteiger partial charge on any atom is 0.488 e. The number of nitrogens with zero attached hydrogens (tertiary/aromatic N) is 1. The van der Waals surface area contributed by atoms with Crippen molar-refractivity contribution in [3.63, 3.8) is 0 Å². The summed E-state index contributed by atoms with van der Waals surface area (Å²) in [6.45, 7) is 2.24. The number of carbonyl (C=O) groups excluding carboxylic acids is 3. The van der Waals surface area contributed by atoms with Crippen molar-refractivity contribution in [1.29, 1.82) is 0 Å². The van der Waals surface area contributed by atoms with Crippen LogP contribution in [0.2, 0.25) is 0 Å². The van der Waals surface area contributed by atoms with Crippen LogP contribution in [0.25, 0.3) is 6.08 Å². The molecule has 0 radical (unpaired) electrons. The van der Waals surface area contributed by atoms with Gasteiger partial charge in [-0.15, -0.1) is 0 Å². The van der Waals surface area contributed by atoms with E-state index in [4.69, 9.17) is 10.0 Å². The second kappa shape index (κ2) is 9.75. The number of benzene rings is 2. The van der Waals surface area contributed by atoms with E-state index in [2.05, 4.69) is 12.2 Å². The molecule has 154 valence electrons. The molecular weight excluding hydrogens is 403 g/mol. The zero-order chi connectivity index (χ0) is 21.7. The van der Waals surface area contributed by atoms with Crippen LogP contribution >= 0.6 is 11.8 Å². The average Bonchev–Trinajstić information content (AvgIpc) is 3.01. The largest absolute Gasteiger partial charge is 0.488 e. The smallest absolute Gasteiger partial charge is 0.423 e. The standard InChI is InChI=1S/C21H21BN2O5S/c1-2-14-3-5-15(6-4-14)13-18-20(26)24(21(27)30-18)12-11-23-19(25)16-7-9-17(10-8-16)22(28)29/h3-10,13,28-29H,2,11-12H2,1H3,(H,23,25)/b18-13-. The quantitative estimate of drug-likeness (QED) is 0.458. The highest BCUT2D eigenvalue weighted by molar-refractivity contribution is 8.18. The van der Waals surface area contributed by atoms with E-state index in [1.807, 2.05) is 24.3 Å². The summed E-state index contributed by atoms with van der Waals surface area (Å²) >= 11 is 0.885. The summed E-state index contributed by atoms with van der Waals surface area (Å²) in [7, 11) is -1.60. The fraction of sp³-hybridized carbons (Fsp3) is 0.190. The molecule has 1 aliphatic rings. The minimum absolute atomic E-state index is 0.0654. The second-order valence-electron chi connectivity index (χ2n) is 6.68. The summed E-state index contributed by atoms with van der Waals surface area (Å²) in [5.74, 6) is -0.757. The fourth-order valence-corrected chi connectivity index (χ4v) is 3.75. The Labute approximate surface area is 178 Å². The Bertz CT molecular complexity index is 974. The SMILES string of the molecule is CCc1ccc(/C=C2\SC(=O)N(CCNC(=O)c3ccc(B(O)O)cc3)C2=O)cc1. The molecule has 3 N–H and O–H groups in total. The number of thioether (sulfide) groups is 1. The van der Waals surface area contributed by atoms with Crippen LogP contribution in [0, 0.1) is 0 Å². The highest BCUT2D eigenvalue weighted by atomic mass is 32.2. The third-order valence-corrected chi connectivity index (χ3v) is 5.56. The molecule has 2 aromatic rings. The number of aryl methyl sites for hydroxylation is 1. The lowest BCUT2D eigenvalue weighted by Gasteiger charge is -2.13. The molecule has 0 aliphatic carbocycles. The molecule has 0 aromatic heterocycles. The monoisotopic (exact) mass is 424 g/mol. The third-order valence-electron chi connectivity index (χ3n) is 4.65. The van der Waals surface area contributed by atoms with E-state index in [9.17, 15) is 14.4 Å². The minimum Gasteiger partial charge on any atom is -0.423 e. The van der Waals surface area contributed by atoms with Crippen molar-refractivity contribution in [2.24, 2.45) is 0 Å². The molecule has 7 nitrogen and oxygen atoms in total. The molecule has 0 bridgehead atoms. The predicted molar refractivity (Wildman–Crippen MR) is 117 cm³/mol. The lowest BCUT2D eigenvalue weighted by molar-refractivity contribution is -0.122. The summed E-state index contributed by atoms with van der Waals surface area (Å²) < 4.78 is 0. The predicted octanol–water partition coefficient (Wildman–Crippen LogP) is 1.40. The van der Waals surface area contributed by atoms with E-state index < -0.39 is 7.12 Å². The van der Waals surface area contributed by atoms with E-state index in [-0.39, 0.29) is 35.6 Å². The van der Waals surface area contributed by atoms with Crippen LogP contribution in [0.15, 0.2) is 53.4 Å². The molecule has 0 unspecified atom stereocenters. The van der Waals surface area contributed by atoms with Gasteiger partial charge in [0.25, 0.3) is 17.1 Å². The van der Waals surface area contributed by atoms with Gasteiger partial charge >= 0.3 is 7.12 Å². The van der Waals surface area contributed by atoms with Crippen LogP contribution in [0.1, 0.15) is 28.4 Å². The zero-order valence-corrected chi connectivity index (χ0v) is 17.2. The normalized spacial score (nSPS) is 15.0. The Balaban J connectivity index is 1.56. The van der Waals surface area contributed by atoms with Crippen molar-refractivity contribution in [3.05, 3.63) is 70.1 Å².